The van der Waals surface area contributed by atoms with E-state index in [9.17, 15) is 14.4 Å². The maximum Gasteiger partial charge on any atom is 0.306 e. The molecule has 0 heterocycles. The molecule has 0 rings (SSSR count). The van der Waals surface area contributed by atoms with Crippen molar-refractivity contribution in [3.8, 4) is 0 Å². The van der Waals surface area contributed by atoms with Crippen LogP contribution in [-0.2, 0) is 28.6 Å². The highest BCUT2D eigenvalue weighted by atomic mass is 16.6. The molecule has 0 aromatic carbocycles. The molecule has 6 nitrogen and oxygen atoms in total. The molecule has 0 fully saturated rings. The van der Waals surface area contributed by atoms with Gasteiger partial charge in [-0.15, -0.1) is 0 Å². The highest BCUT2D eigenvalue weighted by Gasteiger charge is 2.19. The van der Waals surface area contributed by atoms with E-state index in [-0.39, 0.29) is 31.1 Å². The lowest BCUT2D eigenvalue weighted by Gasteiger charge is -2.18. The molecule has 0 aliphatic carbocycles. The Morgan fingerprint density at radius 2 is 0.450 bits per heavy atom. The van der Waals surface area contributed by atoms with Gasteiger partial charge in [0.1, 0.15) is 13.2 Å². The van der Waals surface area contributed by atoms with Gasteiger partial charge in [-0.25, -0.2) is 0 Å². The third-order valence-electron chi connectivity index (χ3n) is 16.4. The van der Waals surface area contributed by atoms with Crippen LogP contribution in [0.4, 0.5) is 0 Å². The number of esters is 3. The topological polar surface area (TPSA) is 78.9 Å². The molecule has 470 valence electrons. The van der Waals surface area contributed by atoms with E-state index < -0.39 is 6.10 Å². The summed E-state index contributed by atoms with van der Waals surface area (Å²) in [6.07, 6.45) is 86.1. The number of rotatable bonds is 67. The van der Waals surface area contributed by atoms with E-state index in [1.54, 1.807) is 0 Å². The molecule has 1 atom stereocenters. The fourth-order valence-electron chi connectivity index (χ4n) is 10.9. The van der Waals surface area contributed by atoms with Gasteiger partial charge in [0, 0.05) is 19.3 Å². The summed E-state index contributed by atoms with van der Waals surface area (Å²) in [6.45, 7) is 6.68. The molecule has 0 saturated heterocycles. The van der Waals surface area contributed by atoms with Gasteiger partial charge in [0.05, 0.1) is 0 Å². The summed E-state index contributed by atoms with van der Waals surface area (Å²) in [5, 5.41) is 0. The molecule has 0 radical (unpaired) electrons. The van der Waals surface area contributed by atoms with E-state index in [1.165, 1.54) is 283 Å². The van der Waals surface area contributed by atoms with Crippen molar-refractivity contribution in [2.24, 2.45) is 0 Å². The van der Waals surface area contributed by atoms with Crippen molar-refractivity contribution in [2.75, 3.05) is 13.2 Å². The fourth-order valence-corrected chi connectivity index (χ4v) is 10.9. The molecule has 1 unspecified atom stereocenters. The van der Waals surface area contributed by atoms with E-state index >= 15 is 0 Å². The van der Waals surface area contributed by atoms with Crippen molar-refractivity contribution >= 4 is 17.9 Å². The van der Waals surface area contributed by atoms with Crippen LogP contribution in [0.1, 0.15) is 400 Å². The van der Waals surface area contributed by atoms with E-state index in [0.29, 0.717) is 19.3 Å². The third kappa shape index (κ3) is 66.4. The lowest BCUT2D eigenvalue weighted by molar-refractivity contribution is -0.167. The largest absolute Gasteiger partial charge is 0.462 e. The Hall–Kier alpha value is -2.37. The van der Waals surface area contributed by atoms with Crippen molar-refractivity contribution in [3.63, 3.8) is 0 Å². The van der Waals surface area contributed by atoms with E-state index in [1.807, 2.05) is 0 Å². The fraction of sp³-hybridized carbons (Fsp3) is 0.878. The van der Waals surface area contributed by atoms with Gasteiger partial charge in [-0.2, -0.15) is 0 Å². The van der Waals surface area contributed by atoms with Crippen LogP contribution in [0.5, 0.6) is 0 Å². The molecule has 6 heteroatoms. The van der Waals surface area contributed by atoms with Crippen molar-refractivity contribution in [1.29, 1.82) is 0 Å². The van der Waals surface area contributed by atoms with Crippen LogP contribution in [-0.4, -0.2) is 37.2 Å². The van der Waals surface area contributed by atoms with Gasteiger partial charge in [-0.1, -0.05) is 340 Å². The van der Waals surface area contributed by atoms with Crippen molar-refractivity contribution < 1.29 is 28.6 Å². The van der Waals surface area contributed by atoms with Crippen molar-refractivity contribution in [1.82, 2.24) is 0 Å². The third-order valence-corrected chi connectivity index (χ3v) is 16.4. The van der Waals surface area contributed by atoms with Gasteiger partial charge >= 0.3 is 17.9 Å². The molecule has 0 spiro atoms. The smallest absolute Gasteiger partial charge is 0.306 e. The first-order valence-corrected chi connectivity index (χ1v) is 36.0. The van der Waals surface area contributed by atoms with Crippen LogP contribution in [0.3, 0.4) is 0 Å². The number of carbonyl (C=O) groups is 3. The van der Waals surface area contributed by atoms with E-state index in [4.69, 9.17) is 14.2 Å². The van der Waals surface area contributed by atoms with Crippen LogP contribution >= 0.6 is 0 Å². The van der Waals surface area contributed by atoms with Gasteiger partial charge in [-0.05, 0) is 77.0 Å². The second kappa shape index (κ2) is 69.1. The van der Waals surface area contributed by atoms with Crippen LogP contribution in [0.15, 0.2) is 36.5 Å². The lowest BCUT2D eigenvalue weighted by atomic mass is 10.0. The van der Waals surface area contributed by atoms with E-state index in [2.05, 4.69) is 57.2 Å². The molecule has 0 amide bonds. The number of allylic oxidation sites excluding steroid dienone is 6. The average Bonchev–Trinajstić information content (AvgIpc) is 3.46. The Labute approximate surface area is 499 Å². The number of unbranched alkanes of at least 4 members (excludes halogenated alkanes) is 50. The SMILES string of the molecule is CCCCCC/C=C\C/C=C\CCCCCCCC(=O)OCC(COC(=O)CCCCCCCCCCCCCCCCCCCCCCCCCCCCC)OC(=O)CCCCCCCCCCC/C=C\CCCCCCCC. The molecule has 0 N–H and O–H groups in total. The van der Waals surface area contributed by atoms with Crippen molar-refractivity contribution in [3.05, 3.63) is 36.5 Å². The molecular weight excluding hydrogens is 985 g/mol. The van der Waals surface area contributed by atoms with Gasteiger partial charge in [0.15, 0.2) is 6.10 Å². The summed E-state index contributed by atoms with van der Waals surface area (Å²) in [6, 6.07) is 0. The van der Waals surface area contributed by atoms with Gasteiger partial charge in [0.25, 0.3) is 0 Å². The first-order valence-electron chi connectivity index (χ1n) is 36.0. The van der Waals surface area contributed by atoms with Crippen LogP contribution in [0, 0.1) is 0 Å². The second-order valence-electron chi connectivity index (χ2n) is 24.5. The minimum atomic E-state index is -0.778. The monoisotopic (exact) mass is 1120 g/mol. The Bertz CT molecular complexity index is 1340. The first kappa shape index (κ1) is 77.6. The predicted octanol–water partition coefficient (Wildman–Crippen LogP) is 24.7. The summed E-state index contributed by atoms with van der Waals surface area (Å²) in [5.41, 5.74) is 0. The van der Waals surface area contributed by atoms with Crippen molar-refractivity contribution in [2.45, 2.75) is 406 Å². The Morgan fingerprint density at radius 1 is 0.250 bits per heavy atom. The summed E-state index contributed by atoms with van der Waals surface area (Å²) in [5.74, 6) is -0.860. The quantitative estimate of drug-likeness (QED) is 0.0261. The van der Waals surface area contributed by atoms with E-state index in [0.717, 1.165) is 77.0 Å². The Morgan fingerprint density at radius 3 is 0.713 bits per heavy atom. The summed E-state index contributed by atoms with van der Waals surface area (Å²) >= 11 is 0. The van der Waals surface area contributed by atoms with Crippen LogP contribution in [0.25, 0.3) is 0 Å². The Balaban J connectivity index is 4.25. The molecule has 0 bridgehead atoms. The molecule has 0 aliphatic heterocycles. The number of carbonyl (C=O) groups excluding carboxylic acids is 3. The predicted molar refractivity (Wildman–Crippen MR) is 349 cm³/mol. The molecule has 80 heavy (non-hydrogen) atoms. The Kier molecular flexibility index (Phi) is 67.1. The average molecular weight is 1120 g/mol. The molecule has 0 aliphatic rings. The zero-order valence-electron chi connectivity index (χ0n) is 54.1. The first-order chi connectivity index (χ1) is 39.5. The molecule has 0 saturated carbocycles. The summed E-state index contributed by atoms with van der Waals surface area (Å²) in [4.78, 5) is 38.5. The lowest BCUT2D eigenvalue weighted by Crippen LogP contribution is -2.30. The number of hydrogen-bond donors (Lipinski definition) is 0. The minimum Gasteiger partial charge on any atom is -0.462 e. The summed E-state index contributed by atoms with van der Waals surface area (Å²) in [7, 11) is 0. The summed E-state index contributed by atoms with van der Waals surface area (Å²) < 4.78 is 17.0. The van der Waals surface area contributed by atoms with Gasteiger partial charge < -0.3 is 14.2 Å². The van der Waals surface area contributed by atoms with Crippen LogP contribution in [0.2, 0.25) is 0 Å². The van der Waals surface area contributed by atoms with Gasteiger partial charge in [0.2, 0.25) is 0 Å². The highest BCUT2D eigenvalue weighted by Crippen LogP contribution is 2.19. The molecular formula is C74H138O6. The second-order valence-corrected chi connectivity index (χ2v) is 24.5. The maximum absolute atomic E-state index is 13.0. The minimum absolute atomic E-state index is 0.0728. The maximum atomic E-state index is 13.0. The zero-order chi connectivity index (χ0) is 57.8. The normalized spacial score (nSPS) is 12.2. The number of hydrogen-bond acceptors (Lipinski definition) is 6. The molecule has 0 aromatic rings. The van der Waals surface area contributed by atoms with Crippen LogP contribution < -0.4 is 0 Å². The zero-order valence-corrected chi connectivity index (χ0v) is 54.1. The van der Waals surface area contributed by atoms with Gasteiger partial charge in [-0.3, -0.25) is 14.4 Å². The highest BCUT2D eigenvalue weighted by molar-refractivity contribution is 5.71. The standard InChI is InChI=1S/C74H138O6/c1-4-7-10-13-16-19-22-25-28-31-33-34-35-36-37-38-39-40-42-43-46-49-52-55-58-61-64-67-73(76)79-70-71(69-78-72(75)66-63-60-57-54-51-48-45-30-27-24-21-18-15-12-9-6-3)80-74(77)68-65-62-59-56-53-50-47-44-41-32-29-26-23-20-17-14-11-8-5-2/h21,24,26,29-30,45,71H,4-20,22-23,25,27-28,31-44,46-70H2,1-3H3/b24-21-,29-26-,45-30-. The molecule has 0 aromatic heterocycles. The number of ether oxygens (including phenoxy) is 3.